The Morgan fingerprint density at radius 1 is 1.35 bits per heavy atom. The Labute approximate surface area is 134 Å². The van der Waals surface area contributed by atoms with Gasteiger partial charge in [0, 0.05) is 11.4 Å². The highest BCUT2D eigenvalue weighted by Gasteiger charge is 2.24. The molecule has 3 nitrogen and oxygen atoms in total. The van der Waals surface area contributed by atoms with E-state index in [1.807, 2.05) is 18.2 Å². The summed E-state index contributed by atoms with van der Waals surface area (Å²) >= 11 is 9.37. The van der Waals surface area contributed by atoms with Crippen molar-refractivity contribution in [2.45, 2.75) is 32.5 Å². The van der Waals surface area contributed by atoms with Crippen LogP contribution in [0.4, 0.5) is 0 Å². The van der Waals surface area contributed by atoms with Crippen LogP contribution in [0.2, 0.25) is 5.02 Å². The first kappa shape index (κ1) is 16.1. The van der Waals surface area contributed by atoms with Gasteiger partial charge in [0.05, 0.1) is 17.6 Å². The number of nitrogens with one attached hydrogen (secondary N) is 1. The van der Waals surface area contributed by atoms with Gasteiger partial charge in [0.25, 0.3) is 0 Å². The lowest BCUT2D eigenvalue weighted by Gasteiger charge is -2.32. The third-order valence-electron chi connectivity index (χ3n) is 3.44. The maximum absolute atomic E-state index is 5.91. The molecular formula is C15H22BrClNO2+. The van der Waals surface area contributed by atoms with Crippen LogP contribution in [0, 0.1) is 0 Å². The predicted molar refractivity (Wildman–Crippen MR) is 84.8 cm³/mol. The minimum atomic E-state index is 0.361. The van der Waals surface area contributed by atoms with Crippen molar-refractivity contribution in [3.8, 4) is 5.75 Å². The van der Waals surface area contributed by atoms with Gasteiger partial charge in [-0.15, -0.1) is 0 Å². The molecule has 1 aromatic rings. The first-order chi connectivity index (χ1) is 9.54. The third-order valence-corrected chi connectivity index (χ3v) is 4.30. The second-order valence-corrected chi connectivity index (χ2v) is 6.73. The van der Waals surface area contributed by atoms with Crippen molar-refractivity contribution in [1.82, 2.24) is 0 Å². The molecule has 112 valence electrons. The molecular weight excluding hydrogens is 342 g/mol. The van der Waals surface area contributed by atoms with Crippen LogP contribution in [-0.2, 0) is 4.74 Å². The average molecular weight is 364 g/mol. The van der Waals surface area contributed by atoms with Gasteiger partial charge in [-0.05, 0) is 48.0 Å². The van der Waals surface area contributed by atoms with E-state index in [0.717, 1.165) is 42.9 Å². The number of quaternary nitrogens is 1. The summed E-state index contributed by atoms with van der Waals surface area (Å²) in [6.45, 7) is 8.34. The highest BCUT2D eigenvalue weighted by Crippen LogP contribution is 2.27. The van der Waals surface area contributed by atoms with Crippen molar-refractivity contribution in [3.63, 3.8) is 0 Å². The number of hydrogen-bond acceptors (Lipinski definition) is 2. The van der Waals surface area contributed by atoms with Gasteiger partial charge >= 0.3 is 0 Å². The van der Waals surface area contributed by atoms with E-state index in [2.05, 4.69) is 29.8 Å². The zero-order valence-corrected chi connectivity index (χ0v) is 14.3. The highest BCUT2D eigenvalue weighted by molar-refractivity contribution is 9.10. The minimum absolute atomic E-state index is 0.361. The minimum Gasteiger partial charge on any atom is -0.492 e. The Bertz CT molecular complexity index is 434. The van der Waals surface area contributed by atoms with Gasteiger partial charge in [-0.1, -0.05) is 11.6 Å². The summed E-state index contributed by atoms with van der Waals surface area (Å²) in [5.41, 5.74) is 0. The van der Waals surface area contributed by atoms with E-state index >= 15 is 0 Å². The quantitative estimate of drug-likeness (QED) is 0.813. The molecule has 20 heavy (non-hydrogen) atoms. The van der Waals surface area contributed by atoms with Crippen molar-refractivity contribution in [1.29, 1.82) is 0 Å². The van der Waals surface area contributed by atoms with Gasteiger partial charge in [0.2, 0.25) is 0 Å². The van der Waals surface area contributed by atoms with E-state index in [9.17, 15) is 0 Å². The summed E-state index contributed by atoms with van der Waals surface area (Å²) in [5, 5.41) is 0.713. The number of hydrogen-bond donors (Lipinski definition) is 1. The van der Waals surface area contributed by atoms with E-state index in [1.165, 1.54) is 0 Å². The van der Waals surface area contributed by atoms with Gasteiger partial charge in [-0.3, -0.25) is 0 Å². The van der Waals surface area contributed by atoms with Crippen LogP contribution in [0.3, 0.4) is 0 Å². The van der Waals surface area contributed by atoms with Gasteiger partial charge in [0.15, 0.2) is 0 Å². The summed E-state index contributed by atoms with van der Waals surface area (Å²) in [6.07, 6.45) is 1.77. The first-order valence-corrected chi connectivity index (χ1v) is 8.28. The van der Waals surface area contributed by atoms with Crippen molar-refractivity contribution in [3.05, 3.63) is 27.7 Å². The molecule has 0 amide bonds. The molecule has 1 heterocycles. The summed E-state index contributed by atoms with van der Waals surface area (Å²) in [7, 11) is 0. The van der Waals surface area contributed by atoms with Crippen LogP contribution < -0.4 is 9.64 Å². The van der Waals surface area contributed by atoms with Crippen LogP contribution in [0.1, 0.15) is 20.3 Å². The molecule has 1 aromatic carbocycles. The van der Waals surface area contributed by atoms with Crippen molar-refractivity contribution >= 4 is 27.5 Å². The van der Waals surface area contributed by atoms with Crippen LogP contribution in [0.5, 0.6) is 5.75 Å². The molecule has 1 saturated heterocycles. The number of morpholine rings is 1. The maximum Gasteiger partial charge on any atom is 0.133 e. The monoisotopic (exact) mass is 362 g/mol. The standard InChI is InChI=1S/C15H21BrClNO2/c1-11-9-18(10-12(2)20-11)6-3-7-19-15-5-4-13(17)8-14(15)16/h4-5,8,11-12H,3,6-7,9-10H2,1-2H3/p+1/t11-,12-/m1/s1. The lowest BCUT2D eigenvalue weighted by atomic mass is 10.2. The summed E-state index contributed by atoms with van der Waals surface area (Å²) in [5.74, 6) is 0.855. The summed E-state index contributed by atoms with van der Waals surface area (Å²) in [4.78, 5) is 1.61. The number of ether oxygens (including phenoxy) is 2. The highest BCUT2D eigenvalue weighted by atomic mass is 79.9. The maximum atomic E-state index is 5.91. The first-order valence-electron chi connectivity index (χ1n) is 7.11. The van der Waals surface area contributed by atoms with Crippen molar-refractivity contribution < 1.29 is 14.4 Å². The fourth-order valence-corrected chi connectivity index (χ4v) is 3.49. The van der Waals surface area contributed by atoms with Gasteiger partial charge in [0.1, 0.15) is 31.0 Å². The largest absolute Gasteiger partial charge is 0.492 e. The fraction of sp³-hybridized carbons (Fsp3) is 0.600. The molecule has 0 radical (unpaired) electrons. The average Bonchev–Trinajstić information content (AvgIpc) is 2.35. The molecule has 0 saturated carbocycles. The third kappa shape index (κ3) is 4.92. The number of halogens is 2. The second kappa shape index (κ2) is 7.64. The second-order valence-electron chi connectivity index (χ2n) is 5.44. The predicted octanol–water partition coefficient (Wildman–Crippen LogP) is 2.56. The Kier molecular flexibility index (Phi) is 6.15. The number of rotatable bonds is 5. The Morgan fingerprint density at radius 2 is 2.05 bits per heavy atom. The Hall–Kier alpha value is -0.290. The lowest BCUT2D eigenvalue weighted by Crippen LogP contribution is -3.15. The molecule has 2 atom stereocenters. The zero-order chi connectivity index (χ0) is 14.5. The molecule has 2 rings (SSSR count). The Balaban J connectivity index is 1.71. The summed E-state index contributed by atoms with van der Waals surface area (Å²) < 4.78 is 12.4. The Morgan fingerprint density at radius 3 is 2.70 bits per heavy atom. The van der Waals surface area contributed by atoms with Crippen LogP contribution in [0.15, 0.2) is 22.7 Å². The normalized spacial score (nSPS) is 26.5. The SMILES string of the molecule is C[C@@H]1C[NH+](CCCOc2ccc(Cl)cc2Br)C[C@@H](C)O1. The molecule has 0 unspecified atom stereocenters. The molecule has 0 aliphatic carbocycles. The number of benzene rings is 1. The fourth-order valence-electron chi connectivity index (χ4n) is 2.69. The van der Waals surface area contributed by atoms with Gasteiger partial charge in [-0.2, -0.15) is 0 Å². The van der Waals surface area contributed by atoms with Gasteiger partial charge in [-0.25, -0.2) is 0 Å². The molecule has 0 bridgehead atoms. The van der Waals surface area contributed by atoms with E-state index in [-0.39, 0.29) is 0 Å². The van der Waals surface area contributed by atoms with E-state index in [4.69, 9.17) is 21.1 Å². The molecule has 1 aliphatic heterocycles. The van der Waals surface area contributed by atoms with Crippen LogP contribution in [0.25, 0.3) is 0 Å². The van der Waals surface area contributed by atoms with Gasteiger partial charge < -0.3 is 14.4 Å². The van der Waals surface area contributed by atoms with E-state index in [0.29, 0.717) is 17.2 Å². The molecule has 1 N–H and O–H groups in total. The molecule has 0 aromatic heterocycles. The lowest BCUT2D eigenvalue weighted by molar-refractivity contribution is -0.915. The molecule has 1 aliphatic rings. The van der Waals surface area contributed by atoms with Crippen molar-refractivity contribution in [2.24, 2.45) is 0 Å². The smallest absolute Gasteiger partial charge is 0.133 e. The molecule has 0 spiro atoms. The van der Waals surface area contributed by atoms with Crippen LogP contribution >= 0.6 is 27.5 Å². The van der Waals surface area contributed by atoms with E-state index < -0.39 is 0 Å². The topological polar surface area (TPSA) is 22.9 Å². The molecule has 5 heteroatoms. The molecule has 1 fully saturated rings. The van der Waals surface area contributed by atoms with Crippen LogP contribution in [-0.4, -0.2) is 38.4 Å². The van der Waals surface area contributed by atoms with Crippen molar-refractivity contribution in [2.75, 3.05) is 26.2 Å². The zero-order valence-electron chi connectivity index (χ0n) is 12.0. The summed E-state index contributed by atoms with van der Waals surface area (Å²) in [6, 6.07) is 5.60. The van der Waals surface area contributed by atoms with E-state index in [1.54, 1.807) is 4.90 Å².